The second kappa shape index (κ2) is 19.6. The summed E-state index contributed by atoms with van der Waals surface area (Å²) in [4.78, 5) is 35.9. The molecule has 280 valence electrons. The van der Waals surface area contributed by atoms with E-state index < -0.39 is 73.2 Å². The van der Waals surface area contributed by atoms with Gasteiger partial charge in [0.1, 0.15) is 37.1 Å². The average molecular weight is 723 g/mol. The molecule has 0 unspecified atom stereocenters. The van der Waals surface area contributed by atoms with Gasteiger partial charge in [-0.05, 0) is 16.7 Å². The Morgan fingerprint density at radius 1 is 0.500 bits per heavy atom. The number of benzene rings is 3. The third-order valence-corrected chi connectivity index (χ3v) is 8.43. The first-order valence-corrected chi connectivity index (χ1v) is 17.1. The van der Waals surface area contributed by atoms with Gasteiger partial charge in [0.15, 0.2) is 24.8 Å². The fourth-order valence-electron chi connectivity index (χ4n) is 6.07. The van der Waals surface area contributed by atoms with E-state index >= 15 is 0 Å². The van der Waals surface area contributed by atoms with E-state index in [-0.39, 0.29) is 33.0 Å². The van der Waals surface area contributed by atoms with Crippen LogP contribution in [0.3, 0.4) is 0 Å². The van der Waals surface area contributed by atoms with Crippen molar-refractivity contribution in [3.8, 4) is 0 Å². The lowest BCUT2D eigenvalue weighted by Gasteiger charge is -2.45. The van der Waals surface area contributed by atoms with Crippen LogP contribution in [0.5, 0.6) is 0 Å². The zero-order valence-corrected chi connectivity index (χ0v) is 29.7. The Balaban J connectivity index is 1.43. The van der Waals surface area contributed by atoms with Crippen molar-refractivity contribution in [2.24, 2.45) is 0 Å². The number of methoxy groups -OCH3 is 1. The number of esters is 3. The van der Waals surface area contributed by atoms with Crippen molar-refractivity contribution in [1.29, 1.82) is 0 Å². The molecule has 0 bridgehead atoms. The fourth-order valence-corrected chi connectivity index (χ4v) is 6.07. The van der Waals surface area contributed by atoms with Crippen molar-refractivity contribution in [1.82, 2.24) is 0 Å². The molecule has 2 aliphatic heterocycles. The number of ether oxygens (including phenoxy) is 10. The summed E-state index contributed by atoms with van der Waals surface area (Å²) in [5.41, 5.74) is 2.82. The highest BCUT2D eigenvalue weighted by atomic mass is 16.8. The van der Waals surface area contributed by atoms with E-state index in [2.05, 4.69) is 0 Å². The van der Waals surface area contributed by atoms with E-state index in [1.54, 1.807) is 0 Å². The van der Waals surface area contributed by atoms with Crippen LogP contribution in [-0.2, 0) is 81.6 Å². The number of hydrogen-bond donors (Lipinski definition) is 0. The second-order valence-electron chi connectivity index (χ2n) is 12.4. The van der Waals surface area contributed by atoms with Crippen molar-refractivity contribution in [3.05, 3.63) is 108 Å². The van der Waals surface area contributed by atoms with Gasteiger partial charge < -0.3 is 47.4 Å². The van der Waals surface area contributed by atoms with Crippen molar-refractivity contribution in [2.75, 3.05) is 20.3 Å². The van der Waals surface area contributed by atoms with Crippen LogP contribution < -0.4 is 0 Å². The Morgan fingerprint density at radius 3 is 1.42 bits per heavy atom. The summed E-state index contributed by atoms with van der Waals surface area (Å²) in [6, 6.07) is 29.1. The van der Waals surface area contributed by atoms with Crippen molar-refractivity contribution in [2.45, 2.75) is 95.9 Å². The highest BCUT2D eigenvalue weighted by molar-refractivity contribution is 5.68. The molecule has 2 saturated heterocycles. The second-order valence-corrected chi connectivity index (χ2v) is 12.4. The molecule has 0 aliphatic carbocycles. The van der Waals surface area contributed by atoms with E-state index in [9.17, 15) is 14.4 Å². The van der Waals surface area contributed by atoms with E-state index in [0.29, 0.717) is 0 Å². The molecule has 2 heterocycles. The smallest absolute Gasteiger partial charge is 0.303 e. The summed E-state index contributed by atoms with van der Waals surface area (Å²) in [5, 5.41) is 0. The van der Waals surface area contributed by atoms with Gasteiger partial charge in [-0.1, -0.05) is 91.0 Å². The minimum Gasteiger partial charge on any atom is -0.463 e. The normalized spacial score (nSPS) is 27.1. The van der Waals surface area contributed by atoms with Gasteiger partial charge in [0, 0.05) is 27.9 Å². The maximum atomic E-state index is 12.2. The molecule has 0 saturated carbocycles. The Hall–Kier alpha value is -4.21. The van der Waals surface area contributed by atoms with Crippen LogP contribution in [0.2, 0.25) is 0 Å². The van der Waals surface area contributed by atoms with Crippen LogP contribution in [0, 0.1) is 0 Å². The van der Waals surface area contributed by atoms with Gasteiger partial charge >= 0.3 is 17.9 Å². The van der Waals surface area contributed by atoms with Crippen molar-refractivity contribution < 1.29 is 61.8 Å². The van der Waals surface area contributed by atoms with E-state index in [4.69, 9.17) is 47.4 Å². The molecule has 2 fully saturated rings. The largest absolute Gasteiger partial charge is 0.463 e. The Kier molecular flexibility index (Phi) is 14.7. The molecule has 3 aromatic rings. The third-order valence-electron chi connectivity index (χ3n) is 8.43. The molecule has 52 heavy (non-hydrogen) atoms. The molecule has 2 aliphatic rings. The molecule has 0 radical (unpaired) electrons. The number of carbonyl (C=O) groups excluding carboxylic acids is 3. The lowest BCUT2D eigenvalue weighted by atomic mass is 9.97. The summed E-state index contributed by atoms with van der Waals surface area (Å²) in [6.07, 6.45) is -8.48. The van der Waals surface area contributed by atoms with Crippen molar-refractivity contribution in [3.63, 3.8) is 0 Å². The minimum absolute atomic E-state index is 0.161. The van der Waals surface area contributed by atoms with Crippen molar-refractivity contribution >= 4 is 17.9 Å². The summed E-state index contributed by atoms with van der Waals surface area (Å²) >= 11 is 0. The van der Waals surface area contributed by atoms with Gasteiger partial charge in [0.2, 0.25) is 0 Å². The van der Waals surface area contributed by atoms with Crippen LogP contribution in [0.25, 0.3) is 0 Å². The maximum Gasteiger partial charge on any atom is 0.303 e. The van der Waals surface area contributed by atoms with Gasteiger partial charge in [-0.2, -0.15) is 0 Å². The highest BCUT2D eigenvalue weighted by Gasteiger charge is 2.53. The standard InChI is InChI=1S/C39H46O13/c1-25(40)44-23-32-34(49-26(2)41)37(50-27(3)42)39(52-32)48-24-31-33(45-20-28-14-8-5-9-15-28)35(46-21-29-16-10-6-11-17-29)36(38(43-4)51-31)47-22-30-18-12-7-13-19-30/h5-19,31-39H,20-24H2,1-4H3/t31-,32-,33-,34-,35+,36-,37+,38+,39+/m1/s1. The average Bonchev–Trinajstić information content (AvgIpc) is 3.45. The zero-order valence-electron chi connectivity index (χ0n) is 29.7. The molecule has 0 spiro atoms. The van der Waals surface area contributed by atoms with Gasteiger partial charge in [0.25, 0.3) is 0 Å². The molecule has 5 rings (SSSR count). The van der Waals surface area contributed by atoms with Crippen LogP contribution in [0.1, 0.15) is 37.5 Å². The first-order chi connectivity index (χ1) is 25.2. The summed E-state index contributed by atoms with van der Waals surface area (Å²) in [5.74, 6) is -1.87. The van der Waals surface area contributed by atoms with Gasteiger partial charge in [0.05, 0.1) is 26.4 Å². The van der Waals surface area contributed by atoms with Crippen LogP contribution in [-0.4, -0.2) is 93.5 Å². The topological polar surface area (TPSA) is 144 Å². The van der Waals surface area contributed by atoms with Crippen LogP contribution in [0.4, 0.5) is 0 Å². The first-order valence-electron chi connectivity index (χ1n) is 17.1. The zero-order chi connectivity index (χ0) is 36.9. The van der Waals surface area contributed by atoms with Gasteiger partial charge in [-0.15, -0.1) is 0 Å². The molecule has 0 aromatic heterocycles. The first kappa shape index (κ1) is 39.0. The number of carbonyl (C=O) groups is 3. The van der Waals surface area contributed by atoms with E-state index in [1.807, 2.05) is 91.0 Å². The molecular formula is C39H46O13. The predicted octanol–water partition coefficient (Wildman–Crippen LogP) is 4.28. The van der Waals surface area contributed by atoms with E-state index in [1.165, 1.54) is 27.9 Å². The Morgan fingerprint density at radius 2 is 0.942 bits per heavy atom. The predicted molar refractivity (Wildman–Crippen MR) is 183 cm³/mol. The monoisotopic (exact) mass is 722 g/mol. The van der Waals surface area contributed by atoms with Gasteiger partial charge in [-0.25, -0.2) is 0 Å². The molecule has 3 aromatic carbocycles. The maximum absolute atomic E-state index is 12.2. The molecule has 0 amide bonds. The quantitative estimate of drug-likeness (QED) is 0.145. The molecule has 13 heteroatoms. The number of rotatable bonds is 17. The van der Waals surface area contributed by atoms with Crippen LogP contribution in [0.15, 0.2) is 91.0 Å². The molecular weight excluding hydrogens is 676 g/mol. The lowest BCUT2D eigenvalue weighted by molar-refractivity contribution is -0.328. The Bertz CT molecular complexity index is 1540. The van der Waals surface area contributed by atoms with Gasteiger partial charge in [-0.3, -0.25) is 14.4 Å². The molecule has 0 N–H and O–H groups in total. The van der Waals surface area contributed by atoms with E-state index in [0.717, 1.165) is 16.7 Å². The SMILES string of the molecule is CO[C@H]1O[C@H](CO[C@H]2O[C@H](COC(C)=O)[C@@H](OC(C)=O)[C@@H]2OC(C)=O)[C@@H](OCc2ccccc2)[C@H](OCc2ccccc2)[C@H]1OCc1ccccc1. The Labute approximate surface area is 303 Å². The molecule has 13 nitrogen and oxygen atoms in total. The summed E-state index contributed by atoms with van der Waals surface area (Å²) in [7, 11) is 1.51. The number of hydrogen-bond acceptors (Lipinski definition) is 13. The lowest BCUT2D eigenvalue weighted by Crippen LogP contribution is -2.61. The molecule has 9 atom stereocenters. The summed E-state index contributed by atoms with van der Waals surface area (Å²) in [6.45, 7) is 3.95. The minimum atomic E-state index is -1.23. The fraction of sp³-hybridized carbons (Fsp3) is 0.462. The highest BCUT2D eigenvalue weighted by Crippen LogP contribution is 2.33. The third kappa shape index (κ3) is 11.1. The van der Waals surface area contributed by atoms with Crippen LogP contribution >= 0.6 is 0 Å². The summed E-state index contributed by atoms with van der Waals surface area (Å²) < 4.78 is 60.6.